The van der Waals surface area contributed by atoms with Crippen molar-refractivity contribution >= 4 is 17.4 Å². The Morgan fingerprint density at radius 1 is 1.06 bits per heavy atom. The van der Waals surface area contributed by atoms with E-state index in [1.807, 2.05) is 13.8 Å². The number of aryl methyl sites for hydroxylation is 1. The van der Waals surface area contributed by atoms with E-state index >= 15 is 0 Å². The van der Waals surface area contributed by atoms with Gasteiger partial charge >= 0.3 is 0 Å². The lowest BCUT2D eigenvalue weighted by atomic mass is 9.94. The Morgan fingerprint density at radius 3 is 2.50 bits per heavy atom. The molecule has 2 N–H and O–H groups in total. The highest BCUT2D eigenvalue weighted by Gasteiger charge is 2.45. The number of hydrogen-bond acceptors (Lipinski definition) is 5. The standard InChI is InChI=1S/C26H31NO5/c1-4-6-7-13-27-23(18-9-8-10-20(28)16-18)22(25(30)26(27)31)24(29)19-11-12-21(17(3)15-19)32-14-5-2/h8-12,15-16,23,28-29H,4-7,13-14H2,1-3H3/b24-22-. The van der Waals surface area contributed by atoms with Crippen molar-refractivity contribution in [2.75, 3.05) is 13.2 Å². The molecule has 1 aliphatic rings. The maximum atomic E-state index is 13.0. The summed E-state index contributed by atoms with van der Waals surface area (Å²) in [6, 6.07) is 10.9. The van der Waals surface area contributed by atoms with Crippen molar-refractivity contribution in [1.82, 2.24) is 4.90 Å². The summed E-state index contributed by atoms with van der Waals surface area (Å²) in [4.78, 5) is 27.4. The van der Waals surface area contributed by atoms with Crippen molar-refractivity contribution in [3.63, 3.8) is 0 Å². The summed E-state index contributed by atoms with van der Waals surface area (Å²) < 4.78 is 5.71. The number of carbonyl (C=O) groups is 2. The van der Waals surface area contributed by atoms with Gasteiger partial charge in [0, 0.05) is 12.1 Å². The number of likely N-dealkylation sites (tertiary alicyclic amines) is 1. The normalized spacial score (nSPS) is 17.7. The molecule has 1 atom stereocenters. The van der Waals surface area contributed by atoms with E-state index in [0.717, 1.165) is 31.2 Å². The zero-order valence-corrected chi connectivity index (χ0v) is 18.9. The minimum atomic E-state index is -0.754. The Kier molecular flexibility index (Phi) is 7.57. The third-order valence-electron chi connectivity index (χ3n) is 5.64. The summed E-state index contributed by atoms with van der Waals surface area (Å²) in [5.41, 5.74) is 1.90. The number of ketones is 1. The molecule has 1 amide bonds. The average molecular weight is 438 g/mol. The van der Waals surface area contributed by atoms with Gasteiger partial charge in [0.25, 0.3) is 11.7 Å². The van der Waals surface area contributed by atoms with Crippen LogP contribution in [0.1, 0.15) is 62.3 Å². The predicted molar refractivity (Wildman–Crippen MR) is 124 cm³/mol. The molecule has 0 aliphatic carbocycles. The monoisotopic (exact) mass is 437 g/mol. The number of aromatic hydroxyl groups is 1. The minimum Gasteiger partial charge on any atom is -0.508 e. The number of aliphatic hydroxyl groups is 1. The molecule has 1 saturated heterocycles. The third-order valence-corrected chi connectivity index (χ3v) is 5.64. The number of nitrogens with zero attached hydrogens (tertiary/aromatic N) is 1. The van der Waals surface area contributed by atoms with Crippen LogP contribution in [0.25, 0.3) is 5.76 Å². The summed E-state index contributed by atoms with van der Waals surface area (Å²) in [5.74, 6) is -0.811. The number of benzene rings is 2. The predicted octanol–water partition coefficient (Wildman–Crippen LogP) is 5.10. The average Bonchev–Trinajstić information content (AvgIpc) is 3.03. The molecular weight excluding hydrogens is 406 g/mol. The molecule has 1 aliphatic heterocycles. The lowest BCUT2D eigenvalue weighted by Gasteiger charge is -2.25. The van der Waals surface area contributed by atoms with Crippen LogP contribution in [0.3, 0.4) is 0 Å². The molecule has 170 valence electrons. The van der Waals surface area contributed by atoms with Crippen molar-refractivity contribution in [3.05, 3.63) is 64.7 Å². The van der Waals surface area contributed by atoms with Gasteiger partial charge in [0.05, 0.1) is 18.2 Å². The number of aliphatic hydroxyl groups excluding tert-OH is 1. The number of phenolic OH excluding ortho intramolecular Hbond substituents is 1. The number of hydrogen-bond donors (Lipinski definition) is 2. The first kappa shape index (κ1) is 23.4. The Bertz CT molecular complexity index is 1030. The number of carbonyl (C=O) groups excluding carboxylic acids is 2. The molecule has 6 nitrogen and oxygen atoms in total. The highest BCUT2D eigenvalue weighted by molar-refractivity contribution is 6.46. The van der Waals surface area contributed by atoms with E-state index in [0.29, 0.717) is 30.0 Å². The smallest absolute Gasteiger partial charge is 0.295 e. The van der Waals surface area contributed by atoms with Crippen LogP contribution < -0.4 is 4.74 Å². The maximum Gasteiger partial charge on any atom is 0.295 e. The van der Waals surface area contributed by atoms with Gasteiger partial charge in [-0.3, -0.25) is 9.59 Å². The Hall–Kier alpha value is -3.28. The molecule has 0 saturated carbocycles. The fraction of sp³-hybridized carbons (Fsp3) is 0.385. The van der Waals surface area contributed by atoms with E-state index < -0.39 is 17.7 Å². The second-order valence-corrected chi connectivity index (χ2v) is 8.12. The van der Waals surface area contributed by atoms with Gasteiger partial charge in [-0.05, 0) is 61.2 Å². The van der Waals surface area contributed by atoms with Gasteiger partial charge in [-0.1, -0.05) is 38.8 Å². The summed E-state index contributed by atoms with van der Waals surface area (Å²) in [7, 11) is 0. The molecule has 0 spiro atoms. The summed E-state index contributed by atoms with van der Waals surface area (Å²) in [5, 5.41) is 21.2. The summed E-state index contributed by atoms with van der Waals surface area (Å²) in [6.07, 6.45) is 3.54. The molecule has 3 rings (SSSR count). The van der Waals surface area contributed by atoms with Crippen LogP contribution in [0.5, 0.6) is 11.5 Å². The fourth-order valence-corrected chi connectivity index (χ4v) is 4.01. The number of rotatable bonds is 9. The number of ether oxygens (including phenoxy) is 1. The second kappa shape index (κ2) is 10.4. The van der Waals surface area contributed by atoms with Gasteiger partial charge in [-0.2, -0.15) is 0 Å². The van der Waals surface area contributed by atoms with Gasteiger partial charge in [-0.15, -0.1) is 0 Å². The van der Waals surface area contributed by atoms with Crippen molar-refractivity contribution in [2.45, 2.75) is 52.5 Å². The van der Waals surface area contributed by atoms with Crippen molar-refractivity contribution in [3.8, 4) is 11.5 Å². The zero-order chi connectivity index (χ0) is 23.3. The lowest BCUT2D eigenvalue weighted by molar-refractivity contribution is -0.139. The first-order valence-electron chi connectivity index (χ1n) is 11.2. The van der Waals surface area contributed by atoms with E-state index in [4.69, 9.17) is 4.74 Å². The maximum absolute atomic E-state index is 13.0. The van der Waals surface area contributed by atoms with Gasteiger partial charge in [0.15, 0.2) is 0 Å². The van der Waals surface area contributed by atoms with Crippen LogP contribution in [-0.2, 0) is 9.59 Å². The Morgan fingerprint density at radius 2 is 1.84 bits per heavy atom. The van der Waals surface area contributed by atoms with E-state index in [9.17, 15) is 19.8 Å². The van der Waals surface area contributed by atoms with E-state index in [1.54, 1.807) is 30.3 Å². The number of Topliss-reactive ketones (excluding diaryl/α,β-unsaturated/α-hetero) is 1. The molecule has 1 heterocycles. The molecule has 0 radical (unpaired) electrons. The third kappa shape index (κ3) is 4.79. The molecule has 6 heteroatoms. The highest BCUT2D eigenvalue weighted by atomic mass is 16.5. The molecule has 32 heavy (non-hydrogen) atoms. The van der Waals surface area contributed by atoms with E-state index in [-0.39, 0.29) is 17.1 Å². The van der Waals surface area contributed by atoms with Crippen LogP contribution >= 0.6 is 0 Å². The quantitative estimate of drug-likeness (QED) is 0.247. The second-order valence-electron chi connectivity index (χ2n) is 8.12. The SMILES string of the molecule is CCCCCN1C(=O)C(=O)/C(=C(\O)c2ccc(OCCC)c(C)c2)C1c1cccc(O)c1. The number of amides is 1. The zero-order valence-electron chi connectivity index (χ0n) is 18.9. The van der Waals surface area contributed by atoms with Gasteiger partial charge in [-0.25, -0.2) is 0 Å². The first-order valence-corrected chi connectivity index (χ1v) is 11.2. The molecule has 1 unspecified atom stereocenters. The van der Waals surface area contributed by atoms with E-state index in [1.165, 1.54) is 17.0 Å². The van der Waals surface area contributed by atoms with Crippen LogP contribution in [-0.4, -0.2) is 40.0 Å². The summed E-state index contributed by atoms with van der Waals surface area (Å²) >= 11 is 0. The molecular formula is C26H31NO5. The topological polar surface area (TPSA) is 87.1 Å². The van der Waals surface area contributed by atoms with Crippen LogP contribution in [0.15, 0.2) is 48.0 Å². The van der Waals surface area contributed by atoms with Gasteiger partial charge < -0.3 is 19.8 Å². The molecule has 2 aromatic carbocycles. The van der Waals surface area contributed by atoms with Crippen molar-refractivity contribution in [2.24, 2.45) is 0 Å². The van der Waals surface area contributed by atoms with Crippen LogP contribution in [0, 0.1) is 6.92 Å². The number of unbranched alkanes of at least 4 members (excludes halogenated alkanes) is 2. The van der Waals surface area contributed by atoms with Gasteiger partial charge in [0.1, 0.15) is 17.3 Å². The van der Waals surface area contributed by atoms with Crippen molar-refractivity contribution < 1.29 is 24.5 Å². The van der Waals surface area contributed by atoms with Crippen LogP contribution in [0.4, 0.5) is 0 Å². The number of phenols is 1. The molecule has 2 aromatic rings. The molecule has 0 aromatic heterocycles. The van der Waals surface area contributed by atoms with Gasteiger partial charge in [0.2, 0.25) is 0 Å². The molecule has 1 fully saturated rings. The highest BCUT2D eigenvalue weighted by Crippen LogP contribution is 2.40. The largest absolute Gasteiger partial charge is 0.508 e. The van der Waals surface area contributed by atoms with Crippen LogP contribution in [0.2, 0.25) is 0 Å². The molecule has 0 bridgehead atoms. The Balaban J connectivity index is 2.08. The van der Waals surface area contributed by atoms with E-state index in [2.05, 4.69) is 6.92 Å². The minimum absolute atomic E-state index is 0.0370. The first-order chi connectivity index (χ1) is 15.4. The lowest BCUT2D eigenvalue weighted by Crippen LogP contribution is -2.30. The summed E-state index contributed by atoms with van der Waals surface area (Å²) in [6.45, 7) is 6.95. The fourth-order valence-electron chi connectivity index (χ4n) is 4.01. The Labute approximate surface area is 189 Å². The van der Waals surface area contributed by atoms with Crippen molar-refractivity contribution in [1.29, 1.82) is 0 Å².